The van der Waals surface area contributed by atoms with Crippen LogP contribution in [0.25, 0.3) is 16.7 Å². The van der Waals surface area contributed by atoms with Crippen LogP contribution in [0.4, 0.5) is 0 Å². The lowest BCUT2D eigenvalue weighted by Gasteiger charge is -2.10. The molecule has 0 fully saturated rings. The Morgan fingerprint density at radius 2 is 1.89 bits per heavy atom. The van der Waals surface area contributed by atoms with Gasteiger partial charge in [-0.2, -0.15) is 0 Å². The van der Waals surface area contributed by atoms with E-state index >= 15 is 0 Å². The Labute approximate surface area is 159 Å². The Bertz CT molecular complexity index is 1150. The molecule has 9 heteroatoms. The van der Waals surface area contributed by atoms with Crippen molar-refractivity contribution in [3.8, 4) is 0 Å². The molecule has 140 valence electrons. The van der Waals surface area contributed by atoms with E-state index in [4.69, 9.17) is 4.42 Å². The molecular weight excluding hydrogens is 364 g/mol. The Kier molecular flexibility index (Phi) is 4.93. The van der Waals surface area contributed by atoms with Crippen molar-refractivity contribution in [1.29, 1.82) is 0 Å². The maximum absolute atomic E-state index is 12.9. The summed E-state index contributed by atoms with van der Waals surface area (Å²) in [6.45, 7) is 4.69. The molecular formula is C18H20N6O2S. The van der Waals surface area contributed by atoms with Crippen molar-refractivity contribution < 1.29 is 4.42 Å². The maximum Gasteiger partial charge on any atom is 0.262 e. The van der Waals surface area contributed by atoms with E-state index < -0.39 is 0 Å². The molecule has 0 unspecified atom stereocenters. The van der Waals surface area contributed by atoms with Crippen LogP contribution in [0.1, 0.15) is 38.5 Å². The van der Waals surface area contributed by atoms with Crippen molar-refractivity contribution in [3.63, 3.8) is 0 Å². The van der Waals surface area contributed by atoms with Crippen LogP contribution in [-0.4, -0.2) is 29.4 Å². The van der Waals surface area contributed by atoms with Crippen LogP contribution in [0, 0.1) is 0 Å². The van der Waals surface area contributed by atoms with Crippen LogP contribution < -0.4 is 5.56 Å². The highest BCUT2D eigenvalue weighted by Crippen LogP contribution is 2.24. The molecule has 0 spiro atoms. The molecule has 0 aliphatic rings. The second-order valence-electron chi connectivity index (χ2n) is 6.18. The highest BCUT2D eigenvalue weighted by atomic mass is 32.2. The van der Waals surface area contributed by atoms with Crippen molar-refractivity contribution in [2.45, 2.75) is 50.6 Å². The summed E-state index contributed by atoms with van der Waals surface area (Å²) in [5.41, 5.74) is 0.775. The number of hydrogen-bond acceptors (Lipinski definition) is 7. The van der Waals surface area contributed by atoms with E-state index in [1.165, 1.54) is 11.8 Å². The quantitative estimate of drug-likeness (QED) is 0.452. The van der Waals surface area contributed by atoms with Gasteiger partial charge in [-0.15, -0.1) is 20.4 Å². The number of fused-ring (bicyclic) bond motifs is 3. The first-order valence-corrected chi connectivity index (χ1v) is 10.0. The molecule has 3 aromatic heterocycles. The molecule has 0 bridgehead atoms. The SMILES string of the molecule is CCCCn1c(=O)c2ccccc2n2c(SCc3nnc(CC)o3)nnc12. The number of para-hydroxylation sites is 1. The highest BCUT2D eigenvalue weighted by Gasteiger charge is 2.17. The predicted molar refractivity (Wildman–Crippen MR) is 103 cm³/mol. The molecule has 3 heterocycles. The van der Waals surface area contributed by atoms with Crippen molar-refractivity contribution in [2.75, 3.05) is 0 Å². The van der Waals surface area contributed by atoms with E-state index in [-0.39, 0.29) is 5.56 Å². The number of rotatable bonds is 7. The van der Waals surface area contributed by atoms with Gasteiger partial charge in [0.15, 0.2) is 5.16 Å². The van der Waals surface area contributed by atoms with Gasteiger partial charge in [-0.3, -0.25) is 13.8 Å². The molecule has 27 heavy (non-hydrogen) atoms. The lowest BCUT2D eigenvalue weighted by atomic mass is 10.2. The standard InChI is InChI=1S/C18H20N6O2S/c1-3-5-10-23-16(25)12-8-6-7-9-13(12)24-17(23)21-22-18(24)27-11-15-20-19-14(4-2)26-15/h6-9H,3-5,10-11H2,1-2H3. The van der Waals surface area contributed by atoms with Crippen LogP contribution in [0.2, 0.25) is 0 Å². The molecule has 4 rings (SSSR count). The summed E-state index contributed by atoms with van der Waals surface area (Å²) in [5, 5.41) is 18.0. The summed E-state index contributed by atoms with van der Waals surface area (Å²) >= 11 is 1.46. The predicted octanol–water partition coefficient (Wildman–Crippen LogP) is 3.08. The van der Waals surface area contributed by atoms with Gasteiger partial charge in [-0.05, 0) is 18.6 Å². The van der Waals surface area contributed by atoms with E-state index in [2.05, 4.69) is 27.3 Å². The van der Waals surface area contributed by atoms with Gasteiger partial charge >= 0.3 is 0 Å². The summed E-state index contributed by atoms with van der Waals surface area (Å²) in [4.78, 5) is 12.9. The third kappa shape index (κ3) is 3.23. The topological polar surface area (TPSA) is 91.1 Å². The monoisotopic (exact) mass is 384 g/mol. The van der Waals surface area contributed by atoms with Gasteiger partial charge in [-0.25, -0.2) is 0 Å². The van der Waals surface area contributed by atoms with Crippen LogP contribution >= 0.6 is 11.8 Å². The van der Waals surface area contributed by atoms with Gasteiger partial charge in [0.25, 0.3) is 5.56 Å². The zero-order valence-electron chi connectivity index (χ0n) is 15.3. The van der Waals surface area contributed by atoms with Crippen LogP contribution in [-0.2, 0) is 18.7 Å². The summed E-state index contributed by atoms with van der Waals surface area (Å²) < 4.78 is 9.22. The van der Waals surface area contributed by atoms with Gasteiger partial charge in [0.1, 0.15) is 0 Å². The number of thioether (sulfide) groups is 1. The van der Waals surface area contributed by atoms with E-state index in [0.29, 0.717) is 46.8 Å². The largest absolute Gasteiger partial charge is 0.424 e. The number of aryl methyl sites for hydroxylation is 2. The van der Waals surface area contributed by atoms with E-state index in [0.717, 1.165) is 18.4 Å². The Morgan fingerprint density at radius 3 is 2.67 bits per heavy atom. The second-order valence-corrected chi connectivity index (χ2v) is 7.12. The molecule has 1 aromatic carbocycles. The number of hydrogen-bond donors (Lipinski definition) is 0. The molecule has 0 saturated heterocycles. The summed E-state index contributed by atoms with van der Waals surface area (Å²) in [7, 11) is 0. The number of nitrogens with zero attached hydrogens (tertiary/aromatic N) is 6. The molecule has 0 N–H and O–H groups in total. The normalized spacial score (nSPS) is 11.6. The van der Waals surface area contributed by atoms with Gasteiger partial charge < -0.3 is 4.42 Å². The lowest BCUT2D eigenvalue weighted by Crippen LogP contribution is -2.23. The van der Waals surface area contributed by atoms with E-state index in [9.17, 15) is 4.79 Å². The molecule has 0 aliphatic heterocycles. The Morgan fingerprint density at radius 1 is 1.07 bits per heavy atom. The average Bonchev–Trinajstić information content (AvgIpc) is 3.33. The van der Waals surface area contributed by atoms with Gasteiger partial charge in [-0.1, -0.05) is 44.2 Å². The van der Waals surface area contributed by atoms with E-state index in [1.54, 1.807) is 4.57 Å². The maximum atomic E-state index is 12.9. The third-order valence-corrected chi connectivity index (χ3v) is 5.26. The van der Waals surface area contributed by atoms with Crippen molar-refractivity contribution in [3.05, 3.63) is 46.4 Å². The van der Waals surface area contributed by atoms with Crippen molar-refractivity contribution in [1.82, 2.24) is 29.4 Å². The first-order chi connectivity index (χ1) is 13.2. The third-order valence-electron chi connectivity index (χ3n) is 4.35. The molecule has 0 amide bonds. The Balaban J connectivity index is 1.80. The van der Waals surface area contributed by atoms with Crippen molar-refractivity contribution >= 4 is 28.4 Å². The van der Waals surface area contributed by atoms with Crippen LogP contribution in [0.15, 0.2) is 38.6 Å². The zero-order chi connectivity index (χ0) is 18.8. The van der Waals surface area contributed by atoms with Gasteiger partial charge in [0.2, 0.25) is 17.6 Å². The number of unbranched alkanes of at least 4 members (excludes halogenated alkanes) is 1. The fourth-order valence-electron chi connectivity index (χ4n) is 2.96. The molecule has 0 atom stereocenters. The molecule has 8 nitrogen and oxygen atoms in total. The average molecular weight is 384 g/mol. The lowest BCUT2D eigenvalue weighted by molar-refractivity contribution is 0.470. The Hall–Kier alpha value is -2.68. The molecule has 4 aromatic rings. The van der Waals surface area contributed by atoms with Crippen LogP contribution in [0.3, 0.4) is 0 Å². The number of aromatic nitrogens is 6. The van der Waals surface area contributed by atoms with Gasteiger partial charge in [0, 0.05) is 13.0 Å². The summed E-state index contributed by atoms with van der Waals surface area (Å²) in [6, 6.07) is 7.56. The minimum atomic E-state index is -0.0278. The smallest absolute Gasteiger partial charge is 0.262 e. The fourth-order valence-corrected chi connectivity index (χ4v) is 3.74. The van der Waals surface area contributed by atoms with Crippen molar-refractivity contribution in [2.24, 2.45) is 0 Å². The summed E-state index contributed by atoms with van der Waals surface area (Å²) in [5.74, 6) is 2.23. The fraction of sp³-hybridized carbons (Fsp3) is 0.389. The first-order valence-electron chi connectivity index (χ1n) is 9.03. The molecule has 0 aliphatic carbocycles. The minimum absolute atomic E-state index is 0.0278. The highest BCUT2D eigenvalue weighted by molar-refractivity contribution is 7.98. The van der Waals surface area contributed by atoms with Crippen LogP contribution in [0.5, 0.6) is 0 Å². The van der Waals surface area contributed by atoms with E-state index in [1.807, 2.05) is 35.6 Å². The minimum Gasteiger partial charge on any atom is -0.424 e. The number of benzene rings is 1. The molecule has 0 saturated carbocycles. The molecule has 0 radical (unpaired) electrons. The first kappa shape index (κ1) is 17.7. The zero-order valence-corrected chi connectivity index (χ0v) is 16.1. The summed E-state index contributed by atoms with van der Waals surface area (Å²) in [6.07, 6.45) is 2.61. The van der Waals surface area contributed by atoms with Gasteiger partial charge in [0.05, 0.1) is 16.7 Å². The second kappa shape index (κ2) is 7.51.